The van der Waals surface area contributed by atoms with Gasteiger partial charge in [-0.1, -0.05) is 6.07 Å². The van der Waals surface area contributed by atoms with Crippen molar-refractivity contribution in [3.05, 3.63) is 23.8 Å². The number of hydrogen-bond acceptors (Lipinski definition) is 4. The Kier molecular flexibility index (Phi) is 4.29. The third kappa shape index (κ3) is 3.29. The van der Waals surface area contributed by atoms with Crippen LogP contribution in [0.4, 0.5) is 0 Å². The molecule has 1 saturated carbocycles. The fourth-order valence-corrected chi connectivity index (χ4v) is 2.95. The minimum atomic E-state index is 0.116. The lowest BCUT2D eigenvalue weighted by Gasteiger charge is -2.26. The fraction of sp³-hybridized carbons (Fsp3) is 0.562. The quantitative estimate of drug-likeness (QED) is 0.924. The molecule has 1 aromatic rings. The molecule has 0 bridgehead atoms. The summed E-state index contributed by atoms with van der Waals surface area (Å²) in [6.45, 7) is 0.799. The van der Waals surface area contributed by atoms with E-state index in [1.165, 1.54) is 0 Å². The number of ether oxygens (including phenoxy) is 3. The number of hydrogen-bond donors (Lipinski definition) is 1. The van der Waals surface area contributed by atoms with Gasteiger partial charge < -0.3 is 19.5 Å². The number of carbonyl (C=O) groups excluding carboxylic acids is 1. The first-order valence-electron chi connectivity index (χ1n) is 7.45. The normalized spacial score (nSPS) is 23.9. The van der Waals surface area contributed by atoms with Crippen LogP contribution in [0.1, 0.15) is 31.2 Å². The fourth-order valence-electron chi connectivity index (χ4n) is 2.95. The summed E-state index contributed by atoms with van der Waals surface area (Å²) < 4.78 is 15.9. The molecule has 1 aromatic carbocycles. The average molecular weight is 291 g/mol. The van der Waals surface area contributed by atoms with E-state index in [0.717, 1.165) is 42.7 Å². The third-order valence-electron chi connectivity index (χ3n) is 4.28. The molecule has 1 amide bonds. The summed E-state index contributed by atoms with van der Waals surface area (Å²) in [4.78, 5) is 12.2. The predicted octanol–water partition coefficient (Wildman–Crippen LogP) is 2.24. The lowest BCUT2D eigenvalue weighted by Crippen LogP contribution is -2.34. The van der Waals surface area contributed by atoms with Crippen molar-refractivity contribution < 1.29 is 19.0 Å². The molecule has 21 heavy (non-hydrogen) atoms. The highest BCUT2D eigenvalue weighted by Gasteiger charge is 2.26. The van der Waals surface area contributed by atoms with E-state index < -0.39 is 0 Å². The van der Waals surface area contributed by atoms with Crippen molar-refractivity contribution >= 4 is 5.91 Å². The van der Waals surface area contributed by atoms with Gasteiger partial charge in [0.1, 0.15) is 0 Å². The van der Waals surface area contributed by atoms with Crippen molar-refractivity contribution in [2.24, 2.45) is 5.92 Å². The summed E-state index contributed by atoms with van der Waals surface area (Å²) in [6.07, 6.45) is 4.08. The van der Waals surface area contributed by atoms with Crippen LogP contribution in [0.2, 0.25) is 0 Å². The topological polar surface area (TPSA) is 56.8 Å². The highest BCUT2D eigenvalue weighted by Crippen LogP contribution is 2.32. The number of fused-ring (bicyclic) bond motifs is 1. The summed E-state index contributed by atoms with van der Waals surface area (Å²) in [5.41, 5.74) is 1.03. The van der Waals surface area contributed by atoms with Gasteiger partial charge in [0.25, 0.3) is 0 Å². The molecule has 0 radical (unpaired) electrons. The van der Waals surface area contributed by atoms with E-state index in [2.05, 4.69) is 5.32 Å². The molecule has 5 nitrogen and oxygen atoms in total. The Morgan fingerprint density at radius 1 is 1.24 bits per heavy atom. The zero-order valence-corrected chi connectivity index (χ0v) is 12.3. The number of nitrogens with one attached hydrogen (secondary N) is 1. The van der Waals surface area contributed by atoms with Crippen molar-refractivity contribution in [3.63, 3.8) is 0 Å². The number of carbonyl (C=O) groups is 1. The summed E-state index contributed by atoms with van der Waals surface area (Å²) in [6, 6.07) is 5.76. The third-order valence-corrected chi connectivity index (χ3v) is 4.28. The molecule has 0 atom stereocenters. The molecule has 5 heteroatoms. The van der Waals surface area contributed by atoms with Gasteiger partial charge in [-0.15, -0.1) is 0 Å². The van der Waals surface area contributed by atoms with Gasteiger partial charge in [0, 0.05) is 19.6 Å². The average Bonchev–Trinajstić information content (AvgIpc) is 3.00. The van der Waals surface area contributed by atoms with E-state index >= 15 is 0 Å². The molecule has 1 N–H and O–H groups in total. The first-order chi connectivity index (χ1) is 10.3. The standard InChI is InChI=1S/C16H21NO4/c1-19-13-5-3-12(4-6-13)16(18)17-9-11-2-7-14-15(8-11)21-10-20-14/h2,7-8,12-13H,3-6,9-10H2,1H3,(H,17,18). The van der Waals surface area contributed by atoms with E-state index in [-0.39, 0.29) is 18.6 Å². The maximum Gasteiger partial charge on any atom is 0.231 e. The monoisotopic (exact) mass is 291 g/mol. The van der Waals surface area contributed by atoms with Crippen LogP contribution < -0.4 is 14.8 Å². The largest absolute Gasteiger partial charge is 0.454 e. The van der Waals surface area contributed by atoms with Crippen molar-refractivity contribution in [2.45, 2.75) is 38.3 Å². The van der Waals surface area contributed by atoms with E-state index in [4.69, 9.17) is 14.2 Å². The van der Waals surface area contributed by atoms with Crippen LogP contribution in [0.25, 0.3) is 0 Å². The molecule has 1 aliphatic carbocycles. The van der Waals surface area contributed by atoms with Gasteiger partial charge >= 0.3 is 0 Å². The predicted molar refractivity (Wildman–Crippen MR) is 77.2 cm³/mol. The Morgan fingerprint density at radius 2 is 2.00 bits per heavy atom. The lowest BCUT2D eigenvalue weighted by atomic mass is 9.87. The summed E-state index contributed by atoms with van der Waals surface area (Å²) in [5.74, 6) is 1.78. The second kappa shape index (κ2) is 6.35. The number of amides is 1. The van der Waals surface area contributed by atoms with Crippen LogP contribution in [0, 0.1) is 5.92 Å². The van der Waals surface area contributed by atoms with Gasteiger partial charge in [-0.3, -0.25) is 4.79 Å². The van der Waals surface area contributed by atoms with Gasteiger partial charge in [-0.05, 0) is 43.4 Å². The zero-order chi connectivity index (χ0) is 14.7. The van der Waals surface area contributed by atoms with Crippen LogP contribution in [0.15, 0.2) is 18.2 Å². The van der Waals surface area contributed by atoms with E-state index in [0.29, 0.717) is 12.6 Å². The lowest BCUT2D eigenvalue weighted by molar-refractivity contribution is -0.126. The van der Waals surface area contributed by atoms with Crippen LogP contribution in [0.5, 0.6) is 11.5 Å². The molecular formula is C16H21NO4. The molecule has 0 aromatic heterocycles. The van der Waals surface area contributed by atoms with Crippen LogP contribution in [-0.2, 0) is 16.1 Å². The van der Waals surface area contributed by atoms with Crippen molar-refractivity contribution in [2.75, 3.05) is 13.9 Å². The minimum absolute atomic E-state index is 0.116. The zero-order valence-electron chi connectivity index (χ0n) is 12.3. The van der Waals surface area contributed by atoms with E-state index in [1.807, 2.05) is 18.2 Å². The molecule has 0 spiro atoms. The maximum atomic E-state index is 12.2. The van der Waals surface area contributed by atoms with E-state index in [9.17, 15) is 4.79 Å². The van der Waals surface area contributed by atoms with Crippen molar-refractivity contribution in [1.82, 2.24) is 5.32 Å². The Morgan fingerprint density at radius 3 is 2.76 bits per heavy atom. The second-order valence-corrected chi connectivity index (χ2v) is 5.61. The first kappa shape index (κ1) is 14.2. The number of methoxy groups -OCH3 is 1. The van der Waals surface area contributed by atoms with Crippen LogP contribution >= 0.6 is 0 Å². The van der Waals surface area contributed by atoms with Crippen LogP contribution in [-0.4, -0.2) is 25.9 Å². The second-order valence-electron chi connectivity index (χ2n) is 5.61. The molecule has 0 unspecified atom stereocenters. The van der Waals surface area contributed by atoms with E-state index in [1.54, 1.807) is 7.11 Å². The first-order valence-corrected chi connectivity index (χ1v) is 7.45. The van der Waals surface area contributed by atoms with Gasteiger partial charge in [-0.2, -0.15) is 0 Å². The van der Waals surface area contributed by atoms with Crippen LogP contribution in [0.3, 0.4) is 0 Å². The smallest absolute Gasteiger partial charge is 0.231 e. The number of benzene rings is 1. The molecule has 2 aliphatic rings. The van der Waals surface area contributed by atoms with Crippen molar-refractivity contribution in [1.29, 1.82) is 0 Å². The van der Waals surface area contributed by atoms with Gasteiger partial charge in [0.05, 0.1) is 6.10 Å². The Bertz CT molecular complexity index is 509. The summed E-state index contributed by atoms with van der Waals surface area (Å²) >= 11 is 0. The molecule has 114 valence electrons. The maximum absolute atomic E-state index is 12.2. The van der Waals surface area contributed by atoms with Crippen molar-refractivity contribution in [3.8, 4) is 11.5 Å². The molecule has 1 heterocycles. The number of rotatable bonds is 4. The molecule has 0 saturated heterocycles. The van der Waals surface area contributed by atoms with Gasteiger partial charge in [0.2, 0.25) is 12.7 Å². The van der Waals surface area contributed by atoms with Gasteiger partial charge in [0.15, 0.2) is 11.5 Å². The molecule has 1 aliphatic heterocycles. The minimum Gasteiger partial charge on any atom is -0.454 e. The molecular weight excluding hydrogens is 270 g/mol. The Balaban J connectivity index is 1.50. The highest BCUT2D eigenvalue weighted by atomic mass is 16.7. The molecule has 1 fully saturated rings. The molecule has 3 rings (SSSR count). The summed E-state index contributed by atoms with van der Waals surface area (Å²) in [7, 11) is 1.74. The SMILES string of the molecule is COC1CCC(C(=O)NCc2ccc3c(c2)OCO3)CC1. The Hall–Kier alpha value is -1.75. The van der Waals surface area contributed by atoms with Gasteiger partial charge in [-0.25, -0.2) is 0 Å². The Labute approximate surface area is 124 Å². The summed E-state index contributed by atoms with van der Waals surface area (Å²) in [5, 5.41) is 3.02. The highest BCUT2D eigenvalue weighted by molar-refractivity contribution is 5.78.